The Morgan fingerprint density at radius 1 is 1.17 bits per heavy atom. The van der Waals surface area contributed by atoms with Crippen molar-refractivity contribution in [3.8, 4) is 5.75 Å². The molecule has 0 aromatic heterocycles. The molecular formula is C21H29ClN2O4S. The highest BCUT2D eigenvalue weighted by molar-refractivity contribution is 7.92. The van der Waals surface area contributed by atoms with Crippen LogP contribution >= 0.6 is 11.6 Å². The molecule has 8 heteroatoms. The molecule has 0 saturated carbocycles. The van der Waals surface area contributed by atoms with E-state index in [-0.39, 0.29) is 6.61 Å². The second-order valence-corrected chi connectivity index (χ2v) is 9.41. The number of hydrogen-bond donors (Lipinski definition) is 1. The first-order valence-corrected chi connectivity index (χ1v) is 11.7. The van der Waals surface area contributed by atoms with Crippen LogP contribution in [0.25, 0.3) is 0 Å². The van der Waals surface area contributed by atoms with E-state index in [1.54, 1.807) is 24.3 Å². The maximum atomic E-state index is 11.6. The molecule has 1 atom stereocenters. The molecule has 2 rings (SSSR count). The zero-order chi connectivity index (χ0) is 21.4. The number of likely N-dealkylation sites (N-methyl/N-ethyl adjacent to an activating group) is 1. The van der Waals surface area contributed by atoms with Crippen molar-refractivity contribution in [2.24, 2.45) is 0 Å². The van der Waals surface area contributed by atoms with Gasteiger partial charge in [0.25, 0.3) is 0 Å². The van der Waals surface area contributed by atoms with E-state index in [2.05, 4.69) is 11.8 Å². The highest BCUT2D eigenvalue weighted by Crippen LogP contribution is 2.20. The van der Waals surface area contributed by atoms with Gasteiger partial charge in [-0.25, -0.2) is 8.42 Å². The van der Waals surface area contributed by atoms with Gasteiger partial charge in [0.05, 0.1) is 11.9 Å². The Labute approximate surface area is 178 Å². The molecule has 0 radical (unpaired) electrons. The number of aliphatic hydroxyl groups excluding tert-OH is 1. The smallest absolute Gasteiger partial charge is 0.231 e. The lowest BCUT2D eigenvalue weighted by Crippen LogP contribution is -2.36. The molecule has 0 aliphatic rings. The van der Waals surface area contributed by atoms with E-state index < -0.39 is 16.1 Å². The number of ether oxygens (including phenoxy) is 1. The molecule has 0 spiro atoms. The number of sulfonamides is 1. The molecule has 0 saturated heterocycles. The number of anilines is 1. The highest BCUT2D eigenvalue weighted by Gasteiger charge is 2.13. The minimum Gasteiger partial charge on any atom is -0.491 e. The van der Waals surface area contributed by atoms with E-state index >= 15 is 0 Å². The molecule has 0 unspecified atom stereocenters. The summed E-state index contributed by atoms with van der Waals surface area (Å²) in [4.78, 5) is 2.17. The molecule has 0 aliphatic heterocycles. The SMILES string of the molecule is CCN(CCc1cccc(Cl)c1)C[C@H](O)COc1ccc(N(C)S(C)(=O)=O)cc1. The van der Waals surface area contributed by atoms with Crippen LogP contribution in [0.1, 0.15) is 12.5 Å². The predicted molar refractivity (Wildman–Crippen MR) is 118 cm³/mol. The Balaban J connectivity index is 1.81. The minimum atomic E-state index is -3.30. The number of nitrogens with zero attached hydrogens (tertiary/aromatic N) is 2. The molecule has 160 valence electrons. The van der Waals surface area contributed by atoms with Gasteiger partial charge >= 0.3 is 0 Å². The molecule has 1 N–H and O–H groups in total. The predicted octanol–water partition coefficient (Wildman–Crippen LogP) is 3.04. The van der Waals surface area contributed by atoms with E-state index in [9.17, 15) is 13.5 Å². The van der Waals surface area contributed by atoms with Crippen molar-refractivity contribution < 1.29 is 18.3 Å². The third kappa shape index (κ3) is 7.85. The van der Waals surface area contributed by atoms with E-state index in [1.807, 2.05) is 24.3 Å². The third-order valence-corrected chi connectivity index (χ3v) is 6.10. The summed E-state index contributed by atoms with van der Waals surface area (Å²) < 4.78 is 30.0. The van der Waals surface area contributed by atoms with Crippen molar-refractivity contribution in [1.82, 2.24) is 4.90 Å². The number of halogens is 1. The Kier molecular flexibility index (Phi) is 8.77. The van der Waals surface area contributed by atoms with Gasteiger partial charge in [0.1, 0.15) is 18.5 Å². The lowest BCUT2D eigenvalue weighted by molar-refractivity contribution is 0.0702. The zero-order valence-electron chi connectivity index (χ0n) is 17.1. The number of hydrogen-bond acceptors (Lipinski definition) is 5. The largest absolute Gasteiger partial charge is 0.491 e. The molecule has 0 bridgehead atoms. The summed E-state index contributed by atoms with van der Waals surface area (Å²) in [5, 5.41) is 11.1. The molecule has 29 heavy (non-hydrogen) atoms. The van der Waals surface area contributed by atoms with Gasteiger partial charge in [-0.1, -0.05) is 30.7 Å². The van der Waals surface area contributed by atoms with Gasteiger partial charge in [-0.2, -0.15) is 0 Å². The van der Waals surface area contributed by atoms with Crippen LogP contribution in [0.2, 0.25) is 5.02 Å². The summed E-state index contributed by atoms with van der Waals surface area (Å²) in [6.45, 7) is 4.37. The van der Waals surface area contributed by atoms with Gasteiger partial charge in [0.2, 0.25) is 10.0 Å². The van der Waals surface area contributed by atoms with Crippen molar-refractivity contribution in [3.63, 3.8) is 0 Å². The topological polar surface area (TPSA) is 70.1 Å². The average molecular weight is 441 g/mol. The van der Waals surface area contributed by atoms with Crippen molar-refractivity contribution in [3.05, 3.63) is 59.1 Å². The number of benzene rings is 2. The fourth-order valence-corrected chi connectivity index (χ4v) is 3.56. The maximum Gasteiger partial charge on any atom is 0.231 e. The second-order valence-electron chi connectivity index (χ2n) is 6.96. The standard InChI is InChI=1S/C21H29ClN2O4S/c1-4-24(13-12-17-6-5-7-18(22)14-17)15-20(25)16-28-21-10-8-19(9-11-21)23(2)29(3,26)27/h5-11,14,20,25H,4,12-13,15-16H2,1-3H3/t20-/m0/s1. The first-order chi connectivity index (χ1) is 13.7. The Morgan fingerprint density at radius 2 is 1.86 bits per heavy atom. The average Bonchev–Trinajstić information content (AvgIpc) is 2.68. The van der Waals surface area contributed by atoms with Crippen LogP contribution in [0, 0.1) is 0 Å². The van der Waals surface area contributed by atoms with Gasteiger partial charge < -0.3 is 14.7 Å². The van der Waals surface area contributed by atoms with Crippen molar-refractivity contribution >= 4 is 27.3 Å². The van der Waals surface area contributed by atoms with Gasteiger partial charge in [0.15, 0.2) is 0 Å². The number of rotatable bonds is 11. The summed E-state index contributed by atoms with van der Waals surface area (Å²) in [5.41, 5.74) is 1.72. The monoisotopic (exact) mass is 440 g/mol. The van der Waals surface area contributed by atoms with Crippen LogP contribution in [0.3, 0.4) is 0 Å². The zero-order valence-corrected chi connectivity index (χ0v) is 18.7. The Morgan fingerprint density at radius 3 is 2.45 bits per heavy atom. The van der Waals surface area contributed by atoms with E-state index in [4.69, 9.17) is 16.3 Å². The van der Waals surface area contributed by atoms with E-state index in [0.29, 0.717) is 18.0 Å². The summed E-state index contributed by atoms with van der Waals surface area (Å²) in [6.07, 6.45) is 1.38. The fraction of sp³-hybridized carbons (Fsp3) is 0.429. The van der Waals surface area contributed by atoms with E-state index in [1.165, 1.54) is 16.9 Å². The molecule has 0 aliphatic carbocycles. The summed E-state index contributed by atoms with van der Waals surface area (Å²) in [7, 11) is -1.80. The van der Waals surface area contributed by atoms with Crippen molar-refractivity contribution in [2.75, 3.05) is 43.8 Å². The van der Waals surface area contributed by atoms with Crippen LogP contribution in [0.4, 0.5) is 5.69 Å². The van der Waals surface area contributed by atoms with Crippen LogP contribution in [0.15, 0.2) is 48.5 Å². The second kappa shape index (κ2) is 10.8. The quantitative estimate of drug-likeness (QED) is 0.581. The molecule has 0 amide bonds. The molecule has 2 aromatic carbocycles. The Bertz CT molecular complexity index is 875. The minimum absolute atomic E-state index is 0.162. The molecule has 2 aromatic rings. The highest BCUT2D eigenvalue weighted by atomic mass is 35.5. The van der Waals surface area contributed by atoms with Crippen LogP contribution < -0.4 is 9.04 Å². The molecule has 6 nitrogen and oxygen atoms in total. The van der Waals surface area contributed by atoms with Gasteiger partial charge in [-0.05, 0) is 54.9 Å². The molecule has 0 fully saturated rings. The Hall–Kier alpha value is -1.80. The summed E-state index contributed by atoms with van der Waals surface area (Å²) >= 11 is 6.02. The lowest BCUT2D eigenvalue weighted by Gasteiger charge is -2.24. The molecular weight excluding hydrogens is 412 g/mol. The number of aliphatic hydroxyl groups is 1. The van der Waals surface area contributed by atoms with Gasteiger partial charge in [-0.15, -0.1) is 0 Å². The summed E-state index contributed by atoms with van der Waals surface area (Å²) in [6, 6.07) is 14.5. The van der Waals surface area contributed by atoms with E-state index in [0.717, 1.165) is 30.8 Å². The lowest BCUT2D eigenvalue weighted by atomic mass is 10.1. The first-order valence-electron chi connectivity index (χ1n) is 9.50. The van der Waals surface area contributed by atoms with Crippen LogP contribution in [-0.4, -0.2) is 64.1 Å². The maximum absolute atomic E-state index is 11.6. The van der Waals surface area contributed by atoms with Gasteiger partial charge in [0, 0.05) is 25.2 Å². The van der Waals surface area contributed by atoms with Crippen LogP contribution in [-0.2, 0) is 16.4 Å². The third-order valence-electron chi connectivity index (χ3n) is 4.66. The van der Waals surface area contributed by atoms with Crippen molar-refractivity contribution in [1.29, 1.82) is 0 Å². The first kappa shape index (κ1) is 23.5. The summed E-state index contributed by atoms with van der Waals surface area (Å²) in [5.74, 6) is 0.580. The van der Waals surface area contributed by atoms with Crippen LogP contribution in [0.5, 0.6) is 5.75 Å². The van der Waals surface area contributed by atoms with Crippen molar-refractivity contribution in [2.45, 2.75) is 19.4 Å². The van der Waals surface area contributed by atoms with Gasteiger partial charge in [-0.3, -0.25) is 4.31 Å². The fourth-order valence-electron chi connectivity index (χ4n) is 2.85. The normalized spacial score (nSPS) is 12.8. The molecule has 0 heterocycles.